The lowest BCUT2D eigenvalue weighted by Gasteiger charge is -2.16. The summed E-state index contributed by atoms with van der Waals surface area (Å²) in [6.07, 6.45) is 0. The van der Waals surface area contributed by atoms with Crippen LogP contribution in [0.5, 0.6) is 5.75 Å². The second-order valence-corrected chi connectivity index (χ2v) is 5.67. The third-order valence-corrected chi connectivity index (χ3v) is 4.02. The summed E-state index contributed by atoms with van der Waals surface area (Å²) in [4.78, 5) is 0. The maximum atomic E-state index is 9.38. The Morgan fingerprint density at radius 2 is 2.00 bits per heavy atom. The van der Waals surface area contributed by atoms with Crippen LogP contribution in [-0.2, 0) is 6.54 Å². The summed E-state index contributed by atoms with van der Waals surface area (Å²) < 4.78 is 1.10. The van der Waals surface area contributed by atoms with Crippen LogP contribution in [0.3, 0.4) is 0 Å². The lowest BCUT2D eigenvalue weighted by Crippen LogP contribution is -2.18. The first kappa shape index (κ1) is 14.4. The predicted molar refractivity (Wildman–Crippen MR) is 82.5 cm³/mol. The average molecular weight is 341 g/mol. The van der Waals surface area contributed by atoms with Gasteiger partial charge in [-0.05, 0) is 36.2 Å². The summed E-state index contributed by atoms with van der Waals surface area (Å²) in [7, 11) is 0. The largest absolute Gasteiger partial charge is 0.506 e. The van der Waals surface area contributed by atoms with Gasteiger partial charge >= 0.3 is 0 Å². The predicted octanol–water partition coefficient (Wildman–Crippen LogP) is 4.66. The van der Waals surface area contributed by atoms with Gasteiger partial charge in [0.25, 0.3) is 0 Å². The van der Waals surface area contributed by atoms with Crippen LogP contribution in [0.15, 0.2) is 46.9 Å². The second-order valence-electron chi connectivity index (χ2n) is 4.41. The Balaban J connectivity index is 2.02. The Morgan fingerprint density at radius 1 is 1.26 bits per heavy atom. The van der Waals surface area contributed by atoms with E-state index >= 15 is 0 Å². The average Bonchev–Trinajstić information content (AvgIpc) is 2.40. The van der Waals surface area contributed by atoms with E-state index in [0.717, 1.165) is 10.0 Å². The molecule has 2 aromatic carbocycles. The van der Waals surface area contributed by atoms with Crippen LogP contribution in [0.25, 0.3) is 0 Å². The van der Waals surface area contributed by atoms with E-state index in [2.05, 4.69) is 34.2 Å². The van der Waals surface area contributed by atoms with Crippen molar-refractivity contribution in [2.75, 3.05) is 0 Å². The topological polar surface area (TPSA) is 32.3 Å². The van der Waals surface area contributed by atoms with Gasteiger partial charge in [-0.3, -0.25) is 0 Å². The second kappa shape index (κ2) is 6.42. The lowest BCUT2D eigenvalue weighted by molar-refractivity contribution is 0.475. The van der Waals surface area contributed by atoms with E-state index < -0.39 is 0 Å². The van der Waals surface area contributed by atoms with Crippen LogP contribution in [-0.4, -0.2) is 5.11 Å². The number of benzene rings is 2. The minimum atomic E-state index is 0.115. The molecule has 2 nitrogen and oxygen atoms in total. The van der Waals surface area contributed by atoms with Gasteiger partial charge < -0.3 is 10.4 Å². The highest BCUT2D eigenvalue weighted by atomic mass is 79.9. The third-order valence-electron chi connectivity index (χ3n) is 3.00. The first-order valence-corrected chi connectivity index (χ1v) is 7.20. The van der Waals surface area contributed by atoms with Crippen molar-refractivity contribution in [1.29, 1.82) is 0 Å². The Kier molecular flexibility index (Phi) is 4.86. The molecule has 1 atom stereocenters. The number of halogens is 2. The summed E-state index contributed by atoms with van der Waals surface area (Å²) in [5.41, 5.74) is 2.26. The zero-order valence-electron chi connectivity index (χ0n) is 10.5. The standard InChI is InChI=1S/C15H15BrClNO/c1-10(12-4-2-3-5-13(12)16)18-9-11-6-7-15(19)14(17)8-11/h2-8,10,18-19H,9H2,1H3/t10-/m0/s1. The number of hydrogen-bond donors (Lipinski definition) is 2. The first-order chi connectivity index (χ1) is 9.08. The fourth-order valence-electron chi connectivity index (χ4n) is 1.87. The Morgan fingerprint density at radius 3 is 2.68 bits per heavy atom. The van der Waals surface area contributed by atoms with Crippen LogP contribution >= 0.6 is 27.5 Å². The van der Waals surface area contributed by atoms with Crippen molar-refractivity contribution in [2.24, 2.45) is 0 Å². The minimum Gasteiger partial charge on any atom is -0.506 e. The molecule has 19 heavy (non-hydrogen) atoms. The van der Waals surface area contributed by atoms with Crippen molar-refractivity contribution in [3.63, 3.8) is 0 Å². The van der Waals surface area contributed by atoms with Crippen LogP contribution in [0.2, 0.25) is 5.02 Å². The molecule has 2 N–H and O–H groups in total. The maximum Gasteiger partial charge on any atom is 0.134 e. The van der Waals surface area contributed by atoms with Gasteiger partial charge in [0.2, 0.25) is 0 Å². The van der Waals surface area contributed by atoms with Crippen molar-refractivity contribution >= 4 is 27.5 Å². The van der Waals surface area contributed by atoms with Gasteiger partial charge in [0.1, 0.15) is 5.75 Å². The van der Waals surface area contributed by atoms with Crippen LogP contribution in [0.4, 0.5) is 0 Å². The molecule has 0 unspecified atom stereocenters. The van der Waals surface area contributed by atoms with E-state index in [4.69, 9.17) is 11.6 Å². The van der Waals surface area contributed by atoms with E-state index in [1.54, 1.807) is 12.1 Å². The fraction of sp³-hybridized carbons (Fsp3) is 0.200. The molecule has 100 valence electrons. The third kappa shape index (κ3) is 3.72. The normalized spacial score (nSPS) is 12.4. The molecule has 0 aliphatic rings. The van der Waals surface area contributed by atoms with Crippen molar-refractivity contribution < 1.29 is 5.11 Å². The number of nitrogens with one attached hydrogen (secondary N) is 1. The van der Waals surface area contributed by atoms with Gasteiger partial charge in [-0.2, -0.15) is 0 Å². The molecular weight excluding hydrogens is 326 g/mol. The van der Waals surface area contributed by atoms with Gasteiger partial charge in [-0.15, -0.1) is 0 Å². The minimum absolute atomic E-state index is 0.115. The highest BCUT2D eigenvalue weighted by molar-refractivity contribution is 9.10. The zero-order chi connectivity index (χ0) is 13.8. The monoisotopic (exact) mass is 339 g/mol. The number of phenolic OH excluding ortho intramolecular Hbond substituents is 1. The zero-order valence-corrected chi connectivity index (χ0v) is 12.9. The molecule has 0 amide bonds. The smallest absolute Gasteiger partial charge is 0.134 e. The Hall–Kier alpha value is -1.03. The number of rotatable bonds is 4. The molecule has 0 aliphatic heterocycles. The molecule has 0 saturated carbocycles. The molecule has 0 aromatic heterocycles. The van der Waals surface area contributed by atoms with Crippen LogP contribution in [0, 0.1) is 0 Å². The molecule has 0 heterocycles. The van der Waals surface area contributed by atoms with Crippen LogP contribution < -0.4 is 5.32 Å². The number of hydrogen-bond acceptors (Lipinski definition) is 2. The van der Waals surface area contributed by atoms with Crippen LogP contribution in [0.1, 0.15) is 24.1 Å². The van der Waals surface area contributed by atoms with Gasteiger partial charge in [-0.1, -0.05) is 51.8 Å². The molecule has 0 radical (unpaired) electrons. The van der Waals surface area contributed by atoms with E-state index in [9.17, 15) is 5.11 Å². The van der Waals surface area contributed by atoms with Crippen molar-refractivity contribution in [1.82, 2.24) is 5.32 Å². The molecule has 0 spiro atoms. The molecule has 2 rings (SSSR count). The van der Waals surface area contributed by atoms with Gasteiger partial charge in [0, 0.05) is 17.1 Å². The molecule has 2 aromatic rings. The Bertz CT molecular complexity index is 574. The van der Waals surface area contributed by atoms with Crippen molar-refractivity contribution in [2.45, 2.75) is 19.5 Å². The van der Waals surface area contributed by atoms with Crippen molar-refractivity contribution in [3.05, 3.63) is 63.1 Å². The maximum absolute atomic E-state index is 9.38. The highest BCUT2D eigenvalue weighted by Gasteiger charge is 2.08. The van der Waals surface area contributed by atoms with Gasteiger partial charge in [-0.25, -0.2) is 0 Å². The molecule has 0 aliphatic carbocycles. The Labute approximate surface area is 126 Å². The quantitative estimate of drug-likeness (QED) is 0.848. The molecule has 4 heteroatoms. The lowest BCUT2D eigenvalue weighted by atomic mass is 10.1. The molecule has 0 bridgehead atoms. The van der Waals surface area contributed by atoms with E-state index in [-0.39, 0.29) is 11.8 Å². The number of phenols is 1. The molecule has 0 fully saturated rings. The van der Waals surface area contributed by atoms with Gasteiger partial charge in [0.05, 0.1) is 5.02 Å². The molecule has 0 saturated heterocycles. The van der Waals surface area contributed by atoms with Crippen molar-refractivity contribution in [3.8, 4) is 5.75 Å². The SMILES string of the molecule is C[C@H](NCc1ccc(O)c(Cl)c1)c1ccccc1Br. The number of aromatic hydroxyl groups is 1. The van der Waals surface area contributed by atoms with E-state index in [0.29, 0.717) is 11.6 Å². The molecular formula is C15H15BrClNO. The summed E-state index contributed by atoms with van der Waals surface area (Å²) >= 11 is 9.44. The summed E-state index contributed by atoms with van der Waals surface area (Å²) in [6, 6.07) is 13.6. The first-order valence-electron chi connectivity index (χ1n) is 6.03. The summed E-state index contributed by atoms with van der Waals surface area (Å²) in [5.74, 6) is 0.115. The van der Waals surface area contributed by atoms with Gasteiger partial charge in [0.15, 0.2) is 0 Å². The summed E-state index contributed by atoms with van der Waals surface area (Å²) in [6.45, 7) is 2.81. The van der Waals surface area contributed by atoms with E-state index in [1.807, 2.05) is 24.3 Å². The van der Waals surface area contributed by atoms with E-state index in [1.165, 1.54) is 5.56 Å². The fourth-order valence-corrected chi connectivity index (χ4v) is 2.70. The highest BCUT2D eigenvalue weighted by Crippen LogP contribution is 2.25. The summed E-state index contributed by atoms with van der Waals surface area (Å²) in [5, 5.41) is 13.2.